The molecule has 0 spiro atoms. The zero-order valence-corrected chi connectivity index (χ0v) is 18.8. The molecule has 0 atom stereocenters. The van der Waals surface area contributed by atoms with E-state index in [0.717, 1.165) is 23.8 Å². The number of nitrogens with zero attached hydrogens (tertiary/aromatic N) is 1. The average Bonchev–Trinajstić information content (AvgIpc) is 2.85. The number of methoxy groups -OCH3 is 1. The fraction of sp³-hybridized carbons (Fsp3) is 0.160. The summed E-state index contributed by atoms with van der Waals surface area (Å²) in [6.07, 6.45) is -4.58. The Labute approximate surface area is 199 Å². The molecule has 0 saturated heterocycles. The van der Waals surface area contributed by atoms with E-state index in [0.29, 0.717) is 29.4 Å². The van der Waals surface area contributed by atoms with Gasteiger partial charge in [0.2, 0.25) is 0 Å². The minimum absolute atomic E-state index is 0.170. The van der Waals surface area contributed by atoms with Crippen molar-refractivity contribution in [2.24, 2.45) is 5.10 Å². The molecule has 0 aliphatic heterocycles. The fourth-order valence-electron chi connectivity index (χ4n) is 2.96. The van der Waals surface area contributed by atoms with Crippen LogP contribution in [0.1, 0.15) is 23.6 Å². The van der Waals surface area contributed by atoms with Gasteiger partial charge in [-0.2, -0.15) is 18.3 Å². The number of alkyl halides is 3. The first-order valence-electron chi connectivity index (χ1n) is 10.4. The van der Waals surface area contributed by atoms with Crippen LogP contribution in [-0.2, 0) is 22.4 Å². The van der Waals surface area contributed by atoms with Crippen molar-refractivity contribution in [1.29, 1.82) is 0 Å². The van der Waals surface area contributed by atoms with Gasteiger partial charge in [-0.25, -0.2) is 5.43 Å². The van der Waals surface area contributed by atoms with Gasteiger partial charge >= 0.3 is 18.0 Å². The number of carbonyl (C=O) groups is 2. The van der Waals surface area contributed by atoms with E-state index >= 15 is 0 Å². The highest BCUT2D eigenvalue weighted by molar-refractivity contribution is 6.39. The summed E-state index contributed by atoms with van der Waals surface area (Å²) in [5.74, 6) is -1.35. The number of halogens is 3. The van der Waals surface area contributed by atoms with Crippen LogP contribution in [0.25, 0.3) is 0 Å². The van der Waals surface area contributed by atoms with E-state index in [4.69, 9.17) is 9.47 Å². The van der Waals surface area contributed by atoms with Crippen LogP contribution in [0.3, 0.4) is 0 Å². The maximum atomic E-state index is 12.8. The molecule has 2 amide bonds. The molecular formula is C25H22F3N3O4. The Kier molecular flexibility index (Phi) is 8.08. The molecule has 0 heterocycles. The van der Waals surface area contributed by atoms with Crippen LogP contribution in [0.5, 0.6) is 11.5 Å². The average molecular weight is 485 g/mol. The molecule has 0 aromatic heterocycles. The summed E-state index contributed by atoms with van der Waals surface area (Å²) in [6.45, 7) is 1.95. The molecule has 3 aromatic carbocycles. The minimum Gasteiger partial charge on any atom is -0.493 e. The predicted molar refractivity (Wildman–Crippen MR) is 124 cm³/mol. The third kappa shape index (κ3) is 7.07. The topological polar surface area (TPSA) is 89.0 Å². The highest BCUT2D eigenvalue weighted by atomic mass is 19.4. The van der Waals surface area contributed by atoms with Gasteiger partial charge in [-0.15, -0.1) is 0 Å². The van der Waals surface area contributed by atoms with E-state index in [1.165, 1.54) is 13.2 Å². The second-order valence-electron chi connectivity index (χ2n) is 7.31. The number of hydrogen-bond acceptors (Lipinski definition) is 5. The van der Waals surface area contributed by atoms with Gasteiger partial charge in [0.05, 0.1) is 18.4 Å². The van der Waals surface area contributed by atoms with Crippen LogP contribution < -0.4 is 20.2 Å². The molecule has 182 valence electrons. The number of ether oxygens (including phenoxy) is 2. The molecule has 3 rings (SSSR count). The summed E-state index contributed by atoms with van der Waals surface area (Å²) in [5, 5.41) is 6.01. The second kappa shape index (κ2) is 11.2. The summed E-state index contributed by atoms with van der Waals surface area (Å²) in [5.41, 5.74) is 2.91. The first-order valence-corrected chi connectivity index (χ1v) is 10.4. The Bertz CT molecular complexity index is 1230. The zero-order chi connectivity index (χ0) is 25.4. The number of anilines is 1. The predicted octanol–water partition coefficient (Wildman–Crippen LogP) is 4.77. The molecule has 35 heavy (non-hydrogen) atoms. The Morgan fingerprint density at radius 1 is 0.914 bits per heavy atom. The molecule has 3 aromatic rings. The molecule has 2 N–H and O–H groups in total. The normalized spacial score (nSPS) is 11.5. The van der Waals surface area contributed by atoms with Crippen LogP contribution in [0.15, 0.2) is 77.9 Å². The lowest BCUT2D eigenvalue weighted by Gasteiger charge is -2.12. The lowest BCUT2D eigenvalue weighted by atomic mass is 10.1. The summed E-state index contributed by atoms with van der Waals surface area (Å²) >= 11 is 0. The molecule has 0 radical (unpaired) electrons. The van der Waals surface area contributed by atoms with E-state index in [9.17, 15) is 22.8 Å². The summed E-state index contributed by atoms with van der Waals surface area (Å²) in [7, 11) is 1.49. The highest BCUT2D eigenvalue weighted by Gasteiger charge is 2.30. The van der Waals surface area contributed by atoms with E-state index in [1.54, 1.807) is 25.1 Å². The van der Waals surface area contributed by atoms with Gasteiger partial charge < -0.3 is 14.8 Å². The number of hydrogen-bond donors (Lipinski definition) is 2. The largest absolute Gasteiger partial charge is 0.493 e. The van der Waals surface area contributed by atoms with E-state index in [-0.39, 0.29) is 5.69 Å². The molecular weight excluding hydrogens is 463 g/mol. The van der Waals surface area contributed by atoms with E-state index < -0.39 is 23.6 Å². The summed E-state index contributed by atoms with van der Waals surface area (Å²) in [6, 6.07) is 18.6. The first-order chi connectivity index (χ1) is 16.7. The monoisotopic (exact) mass is 485 g/mol. The van der Waals surface area contributed by atoms with E-state index in [1.807, 2.05) is 30.3 Å². The van der Waals surface area contributed by atoms with Crippen molar-refractivity contribution in [3.05, 3.63) is 89.5 Å². The van der Waals surface area contributed by atoms with Gasteiger partial charge in [-0.05, 0) is 48.9 Å². The van der Waals surface area contributed by atoms with Crippen LogP contribution in [0, 0.1) is 0 Å². The van der Waals surface area contributed by atoms with E-state index in [2.05, 4.69) is 15.8 Å². The Morgan fingerprint density at radius 2 is 1.66 bits per heavy atom. The second-order valence-corrected chi connectivity index (χ2v) is 7.31. The molecule has 0 fully saturated rings. The standard InChI is InChI=1S/C25H22F3N3O4/c1-16(18-11-12-21(22(13-18)34-2)35-15-17-7-4-3-5-8-17)30-31-24(33)23(32)29-20-10-6-9-19(14-20)25(26,27)28/h3-14H,15H2,1-2H3,(H,29,32)(H,31,33)/b30-16+. The van der Waals surface area contributed by atoms with Gasteiger partial charge in [0, 0.05) is 11.3 Å². The van der Waals surface area contributed by atoms with Crippen molar-refractivity contribution in [1.82, 2.24) is 5.43 Å². The van der Waals surface area contributed by atoms with Crippen LogP contribution in [0.2, 0.25) is 0 Å². The maximum absolute atomic E-state index is 12.8. The molecule has 0 bridgehead atoms. The number of benzene rings is 3. The molecule has 0 aliphatic carbocycles. The summed E-state index contributed by atoms with van der Waals surface area (Å²) in [4.78, 5) is 24.1. The van der Waals surface area contributed by atoms with Crippen LogP contribution in [0.4, 0.5) is 18.9 Å². The molecule has 10 heteroatoms. The number of nitrogens with one attached hydrogen (secondary N) is 2. The number of carbonyl (C=O) groups excluding carboxylic acids is 2. The Hall–Kier alpha value is -4.34. The number of hydrazone groups is 1. The minimum atomic E-state index is -4.58. The van der Waals surface area contributed by atoms with Crippen molar-refractivity contribution in [2.75, 3.05) is 12.4 Å². The molecule has 0 saturated carbocycles. The molecule has 0 aliphatic rings. The van der Waals surface area contributed by atoms with Crippen molar-refractivity contribution < 1.29 is 32.2 Å². The van der Waals surface area contributed by atoms with Crippen molar-refractivity contribution in [3.8, 4) is 11.5 Å². The van der Waals surface area contributed by atoms with Gasteiger partial charge in [0.15, 0.2) is 11.5 Å². The van der Waals surface area contributed by atoms with Crippen LogP contribution >= 0.6 is 0 Å². The molecule has 0 unspecified atom stereocenters. The van der Waals surface area contributed by atoms with Crippen LogP contribution in [-0.4, -0.2) is 24.6 Å². The highest BCUT2D eigenvalue weighted by Crippen LogP contribution is 2.31. The van der Waals surface area contributed by atoms with Gasteiger partial charge in [-0.3, -0.25) is 9.59 Å². The van der Waals surface area contributed by atoms with Crippen molar-refractivity contribution in [2.45, 2.75) is 19.7 Å². The Morgan fingerprint density at radius 3 is 2.34 bits per heavy atom. The van der Waals surface area contributed by atoms with Gasteiger partial charge in [0.1, 0.15) is 6.61 Å². The fourth-order valence-corrected chi connectivity index (χ4v) is 2.96. The zero-order valence-electron chi connectivity index (χ0n) is 18.8. The third-order valence-electron chi connectivity index (χ3n) is 4.80. The summed E-state index contributed by atoms with van der Waals surface area (Å²) < 4.78 is 49.6. The number of amides is 2. The Balaban J connectivity index is 1.62. The van der Waals surface area contributed by atoms with Gasteiger partial charge in [0.25, 0.3) is 0 Å². The van der Waals surface area contributed by atoms with Gasteiger partial charge in [-0.1, -0.05) is 36.4 Å². The third-order valence-corrected chi connectivity index (χ3v) is 4.80. The van der Waals surface area contributed by atoms with Crippen molar-refractivity contribution in [3.63, 3.8) is 0 Å². The van der Waals surface area contributed by atoms with Crippen molar-refractivity contribution >= 4 is 23.2 Å². The first kappa shape index (κ1) is 25.3. The smallest absolute Gasteiger partial charge is 0.416 e. The number of rotatable bonds is 7. The quantitative estimate of drug-likeness (QED) is 0.287. The SMILES string of the molecule is COc1cc(/C(C)=N/NC(=O)C(=O)Nc2cccc(C(F)(F)F)c2)ccc1OCc1ccccc1. The molecule has 7 nitrogen and oxygen atoms in total. The lowest BCUT2D eigenvalue weighted by molar-refractivity contribution is -0.137. The maximum Gasteiger partial charge on any atom is 0.416 e. The lowest BCUT2D eigenvalue weighted by Crippen LogP contribution is -2.33.